The Bertz CT molecular complexity index is 971. The summed E-state index contributed by atoms with van der Waals surface area (Å²) in [6.45, 7) is 7.39. The lowest BCUT2D eigenvalue weighted by Crippen LogP contribution is -2.47. The van der Waals surface area contributed by atoms with E-state index in [4.69, 9.17) is 9.47 Å². The molecule has 1 atom stereocenters. The summed E-state index contributed by atoms with van der Waals surface area (Å²) in [6, 6.07) is 13.6. The number of nitrogens with zero attached hydrogens (tertiary/aromatic N) is 2. The van der Waals surface area contributed by atoms with Crippen LogP contribution in [-0.4, -0.2) is 67.0 Å². The van der Waals surface area contributed by atoms with Gasteiger partial charge in [-0.05, 0) is 42.5 Å². The highest BCUT2D eigenvalue weighted by Crippen LogP contribution is 2.31. The molecule has 2 aromatic rings. The van der Waals surface area contributed by atoms with Crippen LogP contribution in [0.5, 0.6) is 11.5 Å². The molecule has 1 saturated heterocycles. The molecule has 4 rings (SSSR count). The number of ether oxygens (including phenoxy) is 2. The predicted octanol–water partition coefficient (Wildman–Crippen LogP) is 3.12. The number of aryl methyl sites for hydroxylation is 2. The van der Waals surface area contributed by atoms with Gasteiger partial charge in [0.05, 0.1) is 6.54 Å². The summed E-state index contributed by atoms with van der Waals surface area (Å²) in [5.74, 6) is 1.21. The molecule has 1 unspecified atom stereocenters. The van der Waals surface area contributed by atoms with Crippen LogP contribution in [0.25, 0.3) is 0 Å². The molecule has 176 valence electrons. The Hall–Kier alpha value is -3.06. The molecule has 0 aromatic heterocycles. The lowest BCUT2D eigenvalue weighted by molar-refractivity contribution is -0.141. The molecule has 2 aliphatic heterocycles. The molecule has 2 amide bonds. The van der Waals surface area contributed by atoms with Crippen LogP contribution in [0.2, 0.25) is 0 Å². The van der Waals surface area contributed by atoms with E-state index in [0.29, 0.717) is 37.7 Å². The summed E-state index contributed by atoms with van der Waals surface area (Å²) >= 11 is 0. The zero-order valence-corrected chi connectivity index (χ0v) is 19.5. The van der Waals surface area contributed by atoms with Gasteiger partial charge in [-0.3, -0.25) is 14.5 Å². The van der Waals surface area contributed by atoms with E-state index in [0.717, 1.165) is 42.6 Å². The highest BCUT2D eigenvalue weighted by molar-refractivity contribution is 5.94. The van der Waals surface area contributed by atoms with Crippen molar-refractivity contribution < 1.29 is 19.1 Å². The first-order valence-electron chi connectivity index (χ1n) is 11.9. The van der Waals surface area contributed by atoms with Crippen molar-refractivity contribution in [2.24, 2.45) is 0 Å². The van der Waals surface area contributed by atoms with E-state index in [1.54, 1.807) is 0 Å². The second-order valence-corrected chi connectivity index (χ2v) is 8.53. The summed E-state index contributed by atoms with van der Waals surface area (Å²) < 4.78 is 11.6. The van der Waals surface area contributed by atoms with Crippen molar-refractivity contribution in [2.45, 2.75) is 39.2 Å². The van der Waals surface area contributed by atoms with Gasteiger partial charge in [0.1, 0.15) is 6.61 Å². The fourth-order valence-corrected chi connectivity index (χ4v) is 4.48. The van der Waals surface area contributed by atoms with Gasteiger partial charge in [-0.2, -0.15) is 0 Å². The van der Waals surface area contributed by atoms with E-state index < -0.39 is 6.10 Å². The van der Waals surface area contributed by atoms with Gasteiger partial charge in [-0.15, -0.1) is 0 Å². The lowest BCUT2D eigenvalue weighted by atomic mass is 10.0. The van der Waals surface area contributed by atoms with Gasteiger partial charge >= 0.3 is 0 Å². The molecule has 2 aromatic carbocycles. The first kappa shape index (κ1) is 23.1. The van der Waals surface area contributed by atoms with Crippen LogP contribution >= 0.6 is 0 Å². The van der Waals surface area contributed by atoms with E-state index in [9.17, 15) is 9.59 Å². The standard InChI is InChI=1S/C26H33N3O4/c1-3-19-9-7-10-20(4-2)25(19)27-24(30)17-28-13-8-14-29(16-15-28)26(31)23-18-32-21-11-5-6-12-22(21)33-23/h5-7,9-12,23H,3-4,8,13-18H2,1-2H3,(H,27,30). The SMILES string of the molecule is CCc1cccc(CC)c1NC(=O)CN1CCCN(C(=O)C2COc3ccccc3O2)CC1. The summed E-state index contributed by atoms with van der Waals surface area (Å²) in [5, 5.41) is 3.15. The maximum absolute atomic E-state index is 13.0. The van der Waals surface area contributed by atoms with Crippen molar-refractivity contribution in [3.63, 3.8) is 0 Å². The topological polar surface area (TPSA) is 71.1 Å². The largest absolute Gasteiger partial charge is 0.485 e. The predicted molar refractivity (Wildman–Crippen MR) is 128 cm³/mol. The number of nitrogens with one attached hydrogen (secondary N) is 1. The van der Waals surface area contributed by atoms with Crippen LogP contribution in [0.3, 0.4) is 0 Å². The van der Waals surface area contributed by atoms with Gasteiger partial charge < -0.3 is 19.7 Å². The van der Waals surface area contributed by atoms with Gasteiger partial charge in [-0.25, -0.2) is 0 Å². The Labute approximate surface area is 195 Å². The number of amides is 2. The van der Waals surface area contributed by atoms with E-state index >= 15 is 0 Å². The third-order valence-corrected chi connectivity index (χ3v) is 6.31. The number of carbonyl (C=O) groups excluding carboxylic acids is 2. The van der Waals surface area contributed by atoms with Crippen molar-refractivity contribution in [1.29, 1.82) is 0 Å². The summed E-state index contributed by atoms with van der Waals surface area (Å²) in [4.78, 5) is 29.8. The Morgan fingerprint density at radius 2 is 1.67 bits per heavy atom. The molecule has 1 N–H and O–H groups in total. The summed E-state index contributed by atoms with van der Waals surface area (Å²) in [5.41, 5.74) is 3.27. The first-order chi connectivity index (χ1) is 16.1. The van der Waals surface area contributed by atoms with Gasteiger partial charge in [-0.1, -0.05) is 44.2 Å². The maximum atomic E-state index is 13.0. The number of hydrogen-bond acceptors (Lipinski definition) is 5. The quantitative estimate of drug-likeness (QED) is 0.731. The normalized spacial score (nSPS) is 18.5. The van der Waals surface area contributed by atoms with Crippen molar-refractivity contribution in [1.82, 2.24) is 9.80 Å². The molecule has 0 aliphatic carbocycles. The third kappa shape index (κ3) is 5.47. The minimum atomic E-state index is -0.632. The van der Waals surface area contributed by atoms with Crippen LogP contribution in [-0.2, 0) is 22.4 Å². The average molecular weight is 452 g/mol. The van der Waals surface area contributed by atoms with Crippen LogP contribution in [0, 0.1) is 0 Å². The average Bonchev–Trinajstić information content (AvgIpc) is 3.08. The van der Waals surface area contributed by atoms with Crippen LogP contribution in [0.1, 0.15) is 31.4 Å². The van der Waals surface area contributed by atoms with Crippen molar-refractivity contribution >= 4 is 17.5 Å². The van der Waals surface area contributed by atoms with Crippen LogP contribution in [0.4, 0.5) is 5.69 Å². The number of rotatable bonds is 6. The number of hydrogen-bond donors (Lipinski definition) is 1. The van der Waals surface area contributed by atoms with Gasteiger partial charge in [0.15, 0.2) is 11.5 Å². The summed E-state index contributed by atoms with van der Waals surface area (Å²) in [6.07, 6.45) is 1.94. The smallest absolute Gasteiger partial charge is 0.267 e. The van der Waals surface area contributed by atoms with Crippen molar-refractivity contribution in [3.8, 4) is 11.5 Å². The monoisotopic (exact) mass is 451 g/mol. The number of anilines is 1. The zero-order chi connectivity index (χ0) is 23.2. The van der Waals surface area contributed by atoms with E-state index in [1.807, 2.05) is 35.2 Å². The fraction of sp³-hybridized carbons (Fsp3) is 0.462. The molecule has 7 heteroatoms. The molecule has 0 radical (unpaired) electrons. The van der Waals surface area contributed by atoms with Gasteiger partial charge in [0, 0.05) is 31.9 Å². The molecule has 2 aliphatic rings. The van der Waals surface area contributed by atoms with E-state index in [-0.39, 0.29) is 18.4 Å². The molecule has 0 bridgehead atoms. The molecule has 7 nitrogen and oxygen atoms in total. The van der Waals surface area contributed by atoms with Crippen molar-refractivity contribution in [3.05, 3.63) is 53.6 Å². The number of carbonyl (C=O) groups is 2. The van der Waals surface area contributed by atoms with E-state index in [2.05, 4.69) is 36.2 Å². The molecular weight excluding hydrogens is 418 g/mol. The molecule has 1 fully saturated rings. The van der Waals surface area contributed by atoms with Crippen LogP contribution < -0.4 is 14.8 Å². The fourth-order valence-electron chi connectivity index (χ4n) is 4.48. The first-order valence-corrected chi connectivity index (χ1v) is 11.9. The zero-order valence-electron chi connectivity index (χ0n) is 19.5. The number of para-hydroxylation sites is 3. The van der Waals surface area contributed by atoms with Crippen LogP contribution in [0.15, 0.2) is 42.5 Å². The molecule has 0 saturated carbocycles. The van der Waals surface area contributed by atoms with Gasteiger partial charge in [0.25, 0.3) is 5.91 Å². The second-order valence-electron chi connectivity index (χ2n) is 8.53. The Kier molecular flexibility index (Phi) is 7.50. The minimum Gasteiger partial charge on any atom is -0.485 e. The Morgan fingerprint density at radius 1 is 0.939 bits per heavy atom. The van der Waals surface area contributed by atoms with Gasteiger partial charge in [0.2, 0.25) is 12.0 Å². The second kappa shape index (κ2) is 10.7. The Balaban J connectivity index is 1.31. The summed E-state index contributed by atoms with van der Waals surface area (Å²) in [7, 11) is 0. The molecular formula is C26H33N3O4. The maximum Gasteiger partial charge on any atom is 0.267 e. The van der Waals surface area contributed by atoms with E-state index in [1.165, 1.54) is 0 Å². The minimum absolute atomic E-state index is 0.00834. The molecule has 2 heterocycles. The third-order valence-electron chi connectivity index (χ3n) is 6.31. The Morgan fingerprint density at radius 3 is 2.39 bits per heavy atom. The van der Waals surface area contributed by atoms with Crippen molar-refractivity contribution in [2.75, 3.05) is 44.6 Å². The number of benzene rings is 2. The molecule has 0 spiro atoms. The highest BCUT2D eigenvalue weighted by atomic mass is 16.6. The molecule has 33 heavy (non-hydrogen) atoms. The number of fused-ring (bicyclic) bond motifs is 1. The highest BCUT2D eigenvalue weighted by Gasteiger charge is 2.32. The lowest BCUT2D eigenvalue weighted by Gasteiger charge is -2.30.